The maximum absolute atomic E-state index is 10.6. The summed E-state index contributed by atoms with van der Waals surface area (Å²) in [6.45, 7) is 2.12. The van der Waals surface area contributed by atoms with Gasteiger partial charge in [0.25, 0.3) is 0 Å². The highest BCUT2D eigenvalue weighted by atomic mass is 35.5. The van der Waals surface area contributed by atoms with Crippen LogP contribution >= 0.6 is 11.6 Å². The molecule has 1 aliphatic rings. The Kier molecular flexibility index (Phi) is 5.40. The van der Waals surface area contributed by atoms with Crippen molar-refractivity contribution in [3.8, 4) is 0 Å². The molecular weight excluding hydrogens is 278 g/mol. The molecule has 0 bridgehead atoms. The molecule has 1 aromatic carbocycles. The molecule has 1 aliphatic heterocycles. The Morgan fingerprint density at radius 3 is 2.55 bits per heavy atom. The van der Waals surface area contributed by atoms with Crippen LogP contribution in [0.1, 0.15) is 31.2 Å². The molecule has 2 N–H and O–H groups in total. The quantitative estimate of drug-likeness (QED) is 0.793. The molecule has 1 fully saturated rings. The summed E-state index contributed by atoms with van der Waals surface area (Å²) in [7, 11) is 0. The van der Waals surface area contributed by atoms with Gasteiger partial charge in [-0.3, -0.25) is 4.79 Å². The topological polar surface area (TPSA) is 58.6 Å². The minimum absolute atomic E-state index is 0.124. The first-order valence-electron chi connectivity index (χ1n) is 6.93. The second kappa shape index (κ2) is 7.07. The van der Waals surface area contributed by atoms with Gasteiger partial charge >= 0.3 is 5.97 Å². The first kappa shape index (κ1) is 15.3. The molecule has 1 heterocycles. The van der Waals surface area contributed by atoms with Gasteiger partial charge in [0.2, 0.25) is 0 Å². The Labute approximate surface area is 124 Å². The summed E-state index contributed by atoms with van der Waals surface area (Å²) in [5, 5.41) is 13.0. The minimum atomic E-state index is -0.751. The van der Waals surface area contributed by atoms with Crippen molar-refractivity contribution in [1.29, 1.82) is 0 Å². The smallest absolute Gasteiger partial charge is 0.303 e. The molecule has 0 spiro atoms. The summed E-state index contributed by atoms with van der Waals surface area (Å²) < 4.78 is 5.45. The number of carboxylic acid groups (broad SMARTS) is 1. The SMILES string of the molecule is O=C(O)CCCNC1(c2ccc(Cl)cc2)CCOCC1. The van der Waals surface area contributed by atoms with Gasteiger partial charge in [0.1, 0.15) is 0 Å². The van der Waals surface area contributed by atoms with Gasteiger partial charge in [0.05, 0.1) is 0 Å². The van der Waals surface area contributed by atoms with E-state index in [2.05, 4.69) is 5.32 Å². The Bertz CT molecular complexity index is 441. The van der Waals surface area contributed by atoms with E-state index in [1.807, 2.05) is 24.3 Å². The van der Waals surface area contributed by atoms with Crippen molar-refractivity contribution >= 4 is 17.6 Å². The summed E-state index contributed by atoms with van der Waals surface area (Å²) in [5.41, 5.74) is 1.07. The van der Waals surface area contributed by atoms with Crippen molar-refractivity contribution in [2.24, 2.45) is 0 Å². The fourth-order valence-corrected chi connectivity index (χ4v) is 2.75. The number of hydrogen-bond acceptors (Lipinski definition) is 3. The van der Waals surface area contributed by atoms with Gasteiger partial charge in [-0.2, -0.15) is 0 Å². The van der Waals surface area contributed by atoms with Crippen LogP contribution in [0.25, 0.3) is 0 Å². The van der Waals surface area contributed by atoms with E-state index < -0.39 is 5.97 Å². The van der Waals surface area contributed by atoms with Crippen LogP contribution in [0.5, 0.6) is 0 Å². The number of carbonyl (C=O) groups is 1. The first-order chi connectivity index (χ1) is 9.62. The zero-order valence-corrected chi connectivity index (χ0v) is 12.2. The fourth-order valence-electron chi connectivity index (χ4n) is 2.62. The van der Waals surface area contributed by atoms with Crippen LogP contribution in [-0.4, -0.2) is 30.8 Å². The van der Waals surface area contributed by atoms with E-state index in [1.54, 1.807) is 0 Å². The fraction of sp³-hybridized carbons (Fsp3) is 0.533. The van der Waals surface area contributed by atoms with Crippen LogP contribution in [0.3, 0.4) is 0 Å². The predicted molar refractivity (Wildman–Crippen MR) is 78.1 cm³/mol. The highest BCUT2D eigenvalue weighted by Crippen LogP contribution is 2.32. The van der Waals surface area contributed by atoms with Crippen LogP contribution in [0.15, 0.2) is 24.3 Å². The average Bonchev–Trinajstić information content (AvgIpc) is 2.45. The number of halogens is 1. The van der Waals surface area contributed by atoms with Gasteiger partial charge in [-0.25, -0.2) is 0 Å². The molecule has 4 nitrogen and oxygen atoms in total. The third kappa shape index (κ3) is 3.95. The zero-order valence-electron chi connectivity index (χ0n) is 11.4. The number of aliphatic carboxylic acids is 1. The van der Waals surface area contributed by atoms with E-state index in [-0.39, 0.29) is 12.0 Å². The van der Waals surface area contributed by atoms with Gasteiger partial charge < -0.3 is 15.2 Å². The van der Waals surface area contributed by atoms with E-state index in [1.165, 1.54) is 5.56 Å². The van der Waals surface area contributed by atoms with Crippen LogP contribution in [0.4, 0.5) is 0 Å². The number of nitrogens with one attached hydrogen (secondary N) is 1. The summed E-state index contributed by atoms with van der Waals surface area (Å²) >= 11 is 5.95. The Balaban J connectivity index is 2.05. The van der Waals surface area contributed by atoms with Gasteiger partial charge in [-0.15, -0.1) is 0 Å². The van der Waals surface area contributed by atoms with Gasteiger partial charge in [0.15, 0.2) is 0 Å². The molecule has 20 heavy (non-hydrogen) atoms. The van der Waals surface area contributed by atoms with Crippen molar-refractivity contribution < 1.29 is 14.6 Å². The number of rotatable bonds is 6. The largest absolute Gasteiger partial charge is 0.481 e. The summed E-state index contributed by atoms with van der Waals surface area (Å²) in [5.74, 6) is -0.751. The standard InChI is InChI=1S/C15H20ClNO3/c16-13-5-3-12(4-6-13)15(7-10-20-11-8-15)17-9-1-2-14(18)19/h3-6,17H,1-2,7-11H2,(H,18,19). The lowest BCUT2D eigenvalue weighted by Crippen LogP contribution is -2.47. The molecule has 1 saturated heterocycles. The van der Waals surface area contributed by atoms with Gasteiger partial charge in [-0.1, -0.05) is 23.7 Å². The van der Waals surface area contributed by atoms with Gasteiger partial charge in [0, 0.05) is 30.2 Å². The maximum atomic E-state index is 10.6. The highest BCUT2D eigenvalue weighted by molar-refractivity contribution is 6.30. The van der Waals surface area contributed by atoms with Crippen molar-refractivity contribution in [1.82, 2.24) is 5.32 Å². The van der Waals surface area contributed by atoms with E-state index in [0.29, 0.717) is 26.2 Å². The van der Waals surface area contributed by atoms with Crippen molar-refractivity contribution in [3.63, 3.8) is 0 Å². The summed E-state index contributed by atoms with van der Waals surface area (Å²) in [6.07, 6.45) is 2.61. The molecule has 0 unspecified atom stereocenters. The lowest BCUT2D eigenvalue weighted by atomic mass is 9.82. The number of benzene rings is 1. The highest BCUT2D eigenvalue weighted by Gasteiger charge is 2.33. The second-order valence-corrected chi connectivity index (χ2v) is 5.56. The number of ether oxygens (including phenoxy) is 1. The molecular formula is C15H20ClNO3. The minimum Gasteiger partial charge on any atom is -0.481 e. The Morgan fingerprint density at radius 1 is 1.30 bits per heavy atom. The third-order valence-electron chi connectivity index (χ3n) is 3.77. The van der Waals surface area contributed by atoms with Crippen LogP contribution in [0.2, 0.25) is 5.02 Å². The van der Waals surface area contributed by atoms with E-state index >= 15 is 0 Å². The summed E-state index contributed by atoms with van der Waals surface area (Å²) in [6, 6.07) is 7.87. The Morgan fingerprint density at radius 2 is 1.95 bits per heavy atom. The lowest BCUT2D eigenvalue weighted by molar-refractivity contribution is -0.137. The van der Waals surface area contributed by atoms with Crippen molar-refractivity contribution in [2.75, 3.05) is 19.8 Å². The van der Waals surface area contributed by atoms with E-state index in [4.69, 9.17) is 21.4 Å². The first-order valence-corrected chi connectivity index (χ1v) is 7.31. The number of carboxylic acids is 1. The molecule has 0 aliphatic carbocycles. The maximum Gasteiger partial charge on any atom is 0.303 e. The van der Waals surface area contributed by atoms with Crippen molar-refractivity contribution in [3.05, 3.63) is 34.9 Å². The van der Waals surface area contributed by atoms with Crippen LogP contribution in [0, 0.1) is 0 Å². The van der Waals surface area contributed by atoms with Gasteiger partial charge in [-0.05, 0) is 43.5 Å². The predicted octanol–water partition coefficient (Wildman–Crippen LogP) is 2.80. The van der Waals surface area contributed by atoms with E-state index in [9.17, 15) is 4.79 Å². The molecule has 1 aromatic rings. The average molecular weight is 298 g/mol. The molecule has 0 amide bonds. The summed E-state index contributed by atoms with van der Waals surface area (Å²) in [4.78, 5) is 10.6. The molecule has 110 valence electrons. The molecule has 5 heteroatoms. The zero-order chi connectivity index (χ0) is 14.4. The van der Waals surface area contributed by atoms with Crippen LogP contribution < -0.4 is 5.32 Å². The number of hydrogen-bond donors (Lipinski definition) is 2. The Hall–Kier alpha value is -1.10. The molecule has 0 aromatic heterocycles. The van der Waals surface area contributed by atoms with E-state index in [0.717, 1.165) is 17.9 Å². The molecule has 0 atom stereocenters. The lowest BCUT2D eigenvalue weighted by Gasteiger charge is -2.39. The van der Waals surface area contributed by atoms with Crippen LogP contribution in [-0.2, 0) is 15.1 Å². The molecule has 2 rings (SSSR count). The van der Waals surface area contributed by atoms with Crippen molar-refractivity contribution in [2.45, 2.75) is 31.2 Å². The monoisotopic (exact) mass is 297 g/mol. The molecule has 0 radical (unpaired) electrons. The second-order valence-electron chi connectivity index (χ2n) is 5.13. The normalized spacial score (nSPS) is 17.9. The molecule has 0 saturated carbocycles. The third-order valence-corrected chi connectivity index (χ3v) is 4.03.